The molecule has 2 aromatic carbocycles. The van der Waals surface area contributed by atoms with Gasteiger partial charge in [-0.15, -0.1) is 0 Å². The van der Waals surface area contributed by atoms with Gasteiger partial charge in [0.1, 0.15) is 0 Å². The Bertz CT molecular complexity index is 898. The average Bonchev–Trinajstić information content (AvgIpc) is 2.87. The van der Waals surface area contributed by atoms with Crippen molar-refractivity contribution < 1.29 is 9.31 Å². The van der Waals surface area contributed by atoms with E-state index in [2.05, 4.69) is 106 Å². The summed E-state index contributed by atoms with van der Waals surface area (Å²) < 4.78 is 12.1. The standard InChI is InChI=1S/C23H30B2N2O2/c1-17(9-8-15-25-28-22(2,3)23(4,5)29-25)14-16-24-26-19-12-6-10-18-11-7-13-20(27-24)21(18)19/h6-14,16-17,26-27H,15H2,1-5H3/b9-8-,16-14+/t17-/m0/s1. The van der Waals surface area contributed by atoms with Crippen LogP contribution >= 0.6 is 0 Å². The largest absolute Gasteiger partial charge is 0.461 e. The van der Waals surface area contributed by atoms with Gasteiger partial charge in [0.25, 0.3) is 0 Å². The van der Waals surface area contributed by atoms with E-state index in [1.807, 2.05) is 0 Å². The molecule has 0 radical (unpaired) electrons. The number of anilines is 2. The highest BCUT2D eigenvalue weighted by Crippen LogP contribution is 2.38. The first-order valence-electron chi connectivity index (χ1n) is 10.5. The summed E-state index contributed by atoms with van der Waals surface area (Å²) in [6.45, 7) is 10.6. The molecule has 1 atom stereocenters. The second kappa shape index (κ2) is 7.58. The van der Waals surface area contributed by atoms with Crippen LogP contribution in [0.5, 0.6) is 0 Å². The zero-order valence-electron chi connectivity index (χ0n) is 18.0. The summed E-state index contributed by atoms with van der Waals surface area (Å²) in [5, 5.41) is 9.66. The van der Waals surface area contributed by atoms with Crippen molar-refractivity contribution in [1.82, 2.24) is 0 Å². The smallest absolute Gasteiger partial charge is 0.405 e. The minimum atomic E-state index is -0.269. The van der Waals surface area contributed by atoms with Crippen molar-refractivity contribution in [3.05, 3.63) is 60.6 Å². The van der Waals surface area contributed by atoms with Crippen molar-refractivity contribution >= 4 is 36.2 Å². The van der Waals surface area contributed by atoms with Crippen LogP contribution in [0.4, 0.5) is 11.4 Å². The van der Waals surface area contributed by atoms with Gasteiger partial charge in [0.15, 0.2) is 0 Å². The van der Waals surface area contributed by atoms with Gasteiger partial charge in [-0.2, -0.15) is 0 Å². The summed E-state index contributed by atoms with van der Waals surface area (Å²) in [5.74, 6) is 2.52. The molecule has 0 aromatic heterocycles. The Morgan fingerprint density at radius 2 is 1.52 bits per heavy atom. The van der Waals surface area contributed by atoms with Gasteiger partial charge in [-0.3, -0.25) is 0 Å². The summed E-state index contributed by atoms with van der Waals surface area (Å²) in [6, 6.07) is 12.8. The maximum absolute atomic E-state index is 6.05. The third-order valence-corrected chi connectivity index (χ3v) is 6.20. The lowest BCUT2D eigenvalue weighted by molar-refractivity contribution is 0.00578. The maximum atomic E-state index is 6.05. The molecule has 150 valence electrons. The third kappa shape index (κ3) is 4.10. The first-order valence-corrected chi connectivity index (χ1v) is 10.5. The monoisotopic (exact) mass is 388 g/mol. The lowest BCUT2D eigenvalue weighted by Gasteiger charge is -2.32. The first-order chi connectivity index (χ1) is 13.7. The Balaban J connectivity index is 1.34. The highest BCUT2D eigenvalue weighted by molar-refractivity contribution is 6.72. The lowest BCUT2D eigenvalue weighted by atomic mass is 9.72. The second-order valence-electron chi connectivity index (χ2n) is 9.07. The molecule has 4 nitrogen and oxygen atoms in total. The van der Waals surface area contributed by atoms with Gasteiger partial charge in [-0.1, -0.05) is 55.4 Å². The fourth-order valence-electron chi connectivity index (χ4n) is 3.87. The van der Waals surface area contributed by atoms with Crippen LogP contribution < -0.4 is 10.5 Å². The number of hydrogen-bond acceptors (Lipinski definition) is 4. The van der Waals surface area contributed by atoms with Gasteiger partial charge in [0, 0.05) is 23.1 Å². The molecule has 2 aliphatic rings. The first kappa shape index (κ1) is 20.1. The van der Waals surface area contributed by atoms with Gasteiger partial charge in [-0.05, 0) is 51.1 Å². The van der Waals surface area contributed by atoms with Gasteiger partial charge in [0.05, 0.1) is 11.2 Å². The number of benzene rings is 2. The van der Waals surface area contributed by atoms with E-state index >= 15 is 0 Å². The number of nitrogens with one attached hydrogen (secondary N) is 2. The second-order valence-corrected chi connectivity index (χ2v) is 9.07. The summed E-state index contributed by atoms with van der Waals surface area (Å²) >= 11 is 0. The molecule has 6 heteroatoms. The Morgan fingerprint density at radius 3 is 2.10 bits per heavy atom. The fraction of sp³-hybridized carbons (Fsp3) is 0.391. The summed E-state index contributed by atoms with van der Waals surface area (Å²) in [7, 11) is -0.175. The van der Waals surface area contributed by atoms with Crippen LogP contribution in [0.3, 0.4) is 0 Å². The van der Waals surface area contributed by atoms with Crippen molar-refractivity contribution in [2.75, 3.05) is 10.5 Å². The van der Waals surface area contributed by atoms with E-state index in [1.165, 1.54) is 22.1 Å². The van der Waals surface area contributed by atoms with Gasteiger partial charge in [-0.25, -0.2) is 0 Å². The minimum absolute atomic E-state index is 0.0782. The molecule has 0 spiro atoms. The van der Waals surface area contributed by atoms with E-state index in [1.54, 1.807) is 0 Å². The predicted molar refractivity (Wildman–Crippen MR) is 125 cm³/mol. The molecular weight excluding hydrogens is 358 g/mol. The predicted octanol–water partition coefficient (Wildman–Crippen LogP) is 5.55. The lowest BCUT2D eigenvalue weighted by Crippen LogP contribution is -2.41. The molecule has 29 heavy (non-hydrogen) atoms. The van der Waals surface area contributed by atoms with E-state index in [4.69, 9.17) is 9.31 Å². The summed E-state index contributed by atoms with van der Waals surface area (Å²) in [4.78, 5) is 0. The fourth-order valence-corrected chi connectivity index (χ4v) is 3.87. The molecule has 0 aliphatic carbocycles. The van der Waals surface area contributed by atoms with Crippen molar-refractivity contribution in [3.63, 3.8) is 0 Å². The van der Waals surface area contributed by atoms with Gasteiger partial charge in [0.2, 0.25) is 0 Å². The third-order valence-electron chi connectivity index (χ3n) is 6.20. The molecule has 2 aromatic rings. The van der Waals surface area contributed by atoms with Crippen molar-refractivity contribution in [3.8, 4) is 0 Å². The topological polar surface area (TPSA) is 42.5 Å². The molecule has 4 rings (SSSR count). The maximum Gasteiger partial charge on any atom is 0.461 e. The minimum Gasteiger partial charge on any atom is -0.405 e. The molecule has 1 fully saturated rings. The molecule has 0 saturated carbocycles. The number of allylic oxidation sites excluding steroid dienone is 3. The zero-order chi connectivity index (χ0) is 20.6. The molecule has 2 heterocycles. The molecule has 2 aliphatic heterocycles. The molecular formula is C23H30B2N2O2. The van der Waals surface area contributed by atoms with E-state index in [0.717, 1.165) is 6.32 Å². The van der Waals surface area contributed by atoms with Crippen LogP contribution in [0.1, 0.15) is 34.6 Å². The SMILES string of the molecule is C[C@@H](/C=C\CB1OC(C)(C)C(C)(C)O1)/C=C/B1Nc2cccc3cccc(c23)N1. The Kier molecular flexibility index (Phi) is 5.26. The molecule has 0 amide bonds. The van der Waals surface area contributed by atoms with E-state index in [-0.39, 0.29) is 25.3 Å². The number of rotatable bonds is 5. The van der Waals surface area contributed by atoms with E-state index < -0.39 is 0 Å². The molecule has 0 bridgehead atoms. The molecule has 0 unspecified atom stereocenters. The van der Waals surface area contributed by atoms with Crippen LogP contribution in [0, 0.1) is 5.92 Å². The molecule has 1 saturated heterocycles. The van der Waals surface area contributed by atoms with E-state index in [9.17, 15) is 0 Å². The normalized spacial score (nSPS) is 21.0. The van der Waals surface area contributed by atoms with Crippen LogP contribution in [-0.4, -0.2) is 25.3 Å². The van der Waals surface area contributed by atoms with Crippen molar-refractivity contribution in [2.24, 2.45) is 5.92 Å². The summed E-state index contributed by atoms with van der Waals surface area (Å²) in [6.07, 6.45) is 7.35. The molecule has 2 N–H and O–H groups in total. The van der Waals surface area contributed by atoms with Crippen LogP contribution in [-0.2, 0) is 9.31 Å². The van der Waals surface area contributed by atoms with Crippen LogP contribution in [0.25, 0.3) is 10.8 Å². The quantitative estimate of drug-likeness (QED) is 0.521. The number of hydrogen-bond donors (Lipinski definition) is 2. The highest BCUT2D eigenvalue weighted by atomic mass is 16.7. The summed E-state index contributed by atoms with van der Waals surface area (Å²) in [5.41, 5.74) is 1.81. The van der Waals surface area contributed by atoms with E-state index in [0.29, 0.717) is 5.92 Å². The van der Waals surface area contributed by atoms with Gasteiger partial charge >= 0.3 is 14.1 Å². The van der Waals surface area contributed by atoms with Crippen LogP contribution in [0.2, 0.25) is 6.32 Å². The van der Waals surface area contributed by atoms with Crippen molar-refractivity contribution in [2.45, 2.75) is 52.1 Å². The zero-order valence-corrected chi connectivity index (χ0v) is 18.0. The Hall–Kier alpha value is -2.17. The Morgan fingerprint density at radius 1 is 0.931 bits per heavy atom. The Labute approximate surface area is 175 Å². The van der Waals surface area contributed by atoms with Crippen molar-refractivity contribution in [1.29, 1.82) is 0 Å². The average molecular weight is 388 g/mol. The highest BCUT2D eigenvalue weighted by Gasteiger charge is 2.50. The van der Waals surface area contributed by atoms with Gasteiger partial charge < -0.3 is 19.8 Å². The van der Waals surface area contributed by atoms with Crippen LogP contribution in [0.15, 0.2) is 60.6 Å².